The van der Waals surface area contributed by atoms with E-state index in [-0.39, 0.29) is 23.1 Å². The third-order valence-electron chi connectivity index (χ3n) is 3.52. The summed E-state index contributed by atoms with van der Waals surface area (Å²) in [5.74, 6) is -1.29. The van der Waals surface area contributed by atoms with Crippen LogP contribution in [0.15, 0.2) is 10.6 Å². The van der Waals surface area contributed by atoms with Gasteiger partial charge in [-0.2, -0.15) is 0 Å². The van der Waals surface area contributed by atoms with Crippen molar-refractivity contribution in [3.63, 3.8) is 0 Å². The molecule has 9 nitrogen and oxygen atoms in total. The Hall–Kier alpha value is -1.27. The quantitative estimate of drug-likeness (QED) is 0.141. The van der Waals surface area contributed by atoms with Gasteiger partial charge < -0.3 is 30.5 Å². The molecule has 6 N–H and O–H groups in total. The molecule has 1 amide bonds. The van der Waals surface area contributed by atoms with Crippen LogP contribution in [0.5, 0.6) is 0 Å². The number of carboxylic acids is 1. The van der Waals surface area contributed by atoms with Crippen LogP contribution >= 0.6 is 11.8 Å². The molecule has 144 valence electrons. The van der Waals surface area contributed by atoms with Gasteiger partial charge in [0.15, 0.2) is 0 Å². The van der Waals surface area contributed by atoms with E-state index < -0.39 is 29.2 Å². The molecule has 0 aromatic rings. The number of aliphatic carboxylic acids is 1. The number of β-lactam (4-membered cyclic amide) rings is 1. The lowest BCUT2D eigenvalue weighted by molar-refractivity contribution is -0.161. The number of amides is 1. The minimum Gasteiger partial charge on any atom is -0.617 e. The second-order valence-corrected chi connectivity index (χ2v) is 8.18. The lowest BCUT2D eigenvalue weighted by atomic mass is 9.83. The van der Waals surface area contributed by atoms with Crippen molar-refractivity contribution < 1.29 is 29.8 Å². The van der Waals surface area contributed by atoms with E-state index >= 15 is 0 Å². The molecule has 1 fully saturated rings. The second-order valence-electron chi connectivity index (χ2n) is 5.51. The number of thioether (sulfide) groups is 1. The van der Waals surface area contributed by atoms with Crippen LogP contribution in [-0.2, 0) is 20.8 Å². The Kier molecular flexibility index (Phi) is 10.1. The summed E-state index contributed by atoms with van der Waals surface area (Å²) in [6.07, 6.45) is 4.09. The van der Waals surface area contributed by atoms with Gasteiger partial charge in [0.2, 0.25) is 5.91 Å². The monoisotopic (exact) mass is 395 g/mol. The second kappa shape index (κ2) is 10.7. The van der Waals surface area contributed by atoms with E-state index in [1.54, 1.807) is 19.4 Å². The first-order valence-electron chi connectivity index (χ1n) is 7.30. The van der Waals surface area contributed by atoms with Crippen molar-refractivity contribution in [2.45, 2.75) is 25.5 Å². The number of rotatable bonds is 7. The van der Waals surface area contributed by atoms with Crippen molar-refractivity contribution in [1.29, 1.82) is 5.41 Å². The first-order valence-corrected chi connectivity index (χ1v) is 10.2. The van der Waals surface area contributed by atoms with E-state index in [0.29, 0.717) is 23.6 Å². The topological polar surface area (TPSA) is 168 Å². The number of carboxylic acid groups (broad SMARTS) is 1. The number of fused-ring (bicyclic) bond motifs is 1. The van der Waals surface area contributed by atoms with Gasteiger partial charge in [-0.05, 0) is 6.92 Å². The van der Waals surface area contributed by atoms with Crippen LogP contribution < -0.4 is 5.32 Å². The number of nitrogens with one attached hydrogen (secondary N) is 2. The smallest absolute Gasteiger partial charge is 0.353 e. The molecule has 0 aromatic heterocycles. The molecule has 3 atom stereocenters. The average molecular weight is 396 g/mol. The molecule has 0 unspecified atom stereocenters. The van der Waals surface area contributed by atoms with E-state index in [0.717, 1.165) is 6.34 Å². The third kappa shape index (κ3) is 5.89. The predicted octanol–water partition coefficient (Wildman–Crippen LogP) is -1.01. The summed E-state index contributed by atoms with van der Waals surface area (Å²) in [5, 5.41) is 28.4. The maximum absolute atomic E-state index is 11.9. The van der Waals surface area contributed by atoms with E-state index in [4.69, 9.17) is 5.41 Å². The van der Waals surface area contributed by atoms with Crippen molar-refractivity contribution >= 4 is 41.2 Å². The highest BCUT2D eigenvalue weighted by Crippen LogP contribution is 2.46. The number of aliphatic hydroxyl groups is 1. The van der Waals surface area contributed by atoms with E-state index in [1.165, 1.54) is 16.7 Å². The number of hydrogen-bond acceptors (Lipinski definition) is 6. The Morgan fingerprint density at radius 3 is 2.60 bits per heavy atom. The summed E-state index contributed by atoms with van der Waals surface area (Å²) in [4.78, 5) is 25.2. The summed E-state index contributed by atoms with van der Waals surface area (Å²) >= 11 is 0.770. The molecule has 0 radical (unpaired) electrons. The molecule has 2 aliphatic heterocycles. The fourth-order valence-electron chi connectivity index (χ4n) is 2.67. The Morgan fingerprint density at radius 1 is 1.60 bits per heavy atom. The normalized spacial score (nSPS) is 22.3. The molecular weight excluding hydrogens is 370 g/mol. The van der Waals surface area contributed by atoms with Crippen LogP contribution in [0.2, 0.25) is 0 Å². The third-order valence-corrected chi connectivity index (χ3v) is 4.63. The molecule has 0 bridgehead atoms. The summed E-state index contributed by atoms with van der Waals surface area (Å²) < 4.78 is 9.56. The minimum absolute atomic E-state index is 0. The van der Waals surface area contributed by atoms with Crippen molar-refractivity contribution in [2.75, 3.05) is 24.8 Å². The summed E-state index contributed by atoms with van der Waals surface area (Å²) in [7, 11) is 0. The lowest BCUT2D eigenvalue weighted by Crippen LogP contribution is -2.61. The van der Waals surface area contributed by atoms with Crippen LogP contribution in [0.4, 0.5) is 0 Å². The van der Waals surface area contributed by atoms with Crippen molar-refractivity contribution in [1.82, 2.24) is 10.2 Å². The molecule has 0 aromatic carbocycles. The molecule has 11 heteroatoms. The van der Waals surface area contributed by atoms with E-state index in [9.17, 15) is 24.4 Å². The summed E-state index contributed by atoms with van der Waals surface area (Å²) in [6, 6.07) is -0.230. The molecule has 1 saturated heterocycles. The van der Waals surface area contributed by atoms with Gasteiger partial charge in [0.25, 0.3) is 0 Å². The molecule has 0 aliphatic carbocycles. The van der Waals surface area contributed by atoms with Gasteiger partial charge in [0, 0.05) is 23.6 Å². The molecule has 25 heavy (non-hydrogen) atoms. The van der Waals surface area contributed by atoms with Gasteiger partial charge in [-0.25, -0.2) is 4.79 Å². The highest BCUT2D eigenvalue weighted by Gasteiger charge is 2.56. The SMILES string of the molecule is C[C@@H](O)[C@H]1C(=O)N2C(C(=O)O)=C(SCCNC=N)C[C@H]12.C[S+](C)[O-].O. The molecule has 0 saturated carbocycles. The standard InChI is InChI=1S/C12H17N3O4S.C2H6OS.H2O/c1-6(16)9-7-4-8(20-3-2-14-5-13)10(12(18)19)15(7)11(9)17;1-4(2)3;/h5-7,9,16H,2-4H2,1H3,(H2,13,14)(H,18,19);1-2H3;1H2/t6-,7-,9-;;/m1../s1. The van der Waals surface area contributed by atoms with Crippen LogP contribution in [0.1, 0.15) is 13.3 Å². The number of carbonyl (C=O) groups excluding carboxylic acids is 1. The molecule has 2 heterocycles. The fourth-order valence-corrected chi connectivity index (χ4v) is 3.74. The molecular formula is C14H25N3O6S2. The molecule has 2 rings (SSSR count). The average Bonchev–Trinajstić information content (AvgIpc) is 2.77. The van der Waals surface area contributed by atoms with Crippen molar-refractivity contribution in [2.24, 2.45) is 5.92 Å². The number of aliphatic hydroxyl groups excluding tert-OH is 1. The fraction of sp³-hybridized carbons (Fsp3) is 0.643. The predicted molar refractivity (Wildman–Crippen MR) is 97.9 cm³/mol. The Morgan fingerprint density at radius 2 is 2.16 bits per heavy atom. The maximum atomic E-state index is 11.9. The Bertz CT molecular complexity index is 524. The highest BCUT2D eigenvalue weighted by atomic mass is 32.2. The lowest BCUT2D eigenvalue weighted by Gasteiger charge is -2.44. The van der Waals surface area contributed by atoms with E-state index in [2.05, 4.69) is 5.32 Å². The highest BCUT2D eigenvalue weighted by molar-refractivity contribution is 8.03. The minimum atomic E-state index is -1.10. The summed E-state index contributed by atoms with van der Waals surface area (Å²) in [6.45, 7) is 2.11. The molecule has 2 aliphatic rings. The van der Waals surface area contributed by atoms with Gasteiger partial charge in [-0.3, -0.25) is 10.2 Å². The van der Waals surface area contributed by atoms with Gasteiger partial charge in [-0.15, -0.1) is 11.8 Å². The first-order chi connectivity index (χ1) is 11.2. The number of carbonyl (C=O) groups is 2. The number of nitrogens with zero attached hydrogens (tertiary/aromatic N) is 1. The largest absolute Gasteiger partial charge is 0.617 e. The Balaban J connectivity index is 0.00000104. The summed E-state index contributed by atoms with van der Waals surface area (Å²) in [5.41, 5.74) is 0.0525. The Labute approximate surface area is 153 Å². The van der Waals surface area contributed by atoms with Crippen LogP contribution in [0.25, 0.3) is 0 Å². The number of hydrogen-bond donors (Lipinski definition) is 4. The zero-order chi connectivity index (χ0) is 18.4. The molecule has 0 spiro atoms. The van der Waals surface area contributed by atoms with Gasteiger partial charge >= 0.3 is 5.97 Å². The van der Waals surface area contributed by atoms with Crippen molar-refractivity contribution in [3.05, 3.63) is 10.6 Å². The van der Waals surface area contributed by atoms with Gasteiger partial charge in [0.1, 0.15) is 5.70 Å². The van der Waals surface area contributed by atoms with Crippen LogP contribution in [-0.4, -0.2) is 80.3 Å². The van der Waals surface area contributed by atoms with Gasteiger partial charge in [-0.1, -0.05) is 11.2 Å². The van der Waals surface area contributed by atoms with E-state index in [1.807, 2.05) is 0 Å². The van der Waals surface area contributed by atoms with Crippen LogP contribution in [0.3, 0.4) is 0 Å². The first kappa shape index (κ1) is 23.7. The van der Waals surface area contributed by atoms with Crippen LogP contribution in [0, 0.1) is 11.3 Å². The zero-order valence-corrected chi connectivity index (χ0v) is 15.9. The zero-order valence-electron chi connectivity index (χ0n) is 14.3. The maximum Gasteiger partial charge on any atom is 0.353 e. The van der Waals surface area contributed by atoms with Gasteiger partial charge in [0.05, 0.1) is 36.9 Å². The van der Waals surface area contributed by atoms with Crippen molar-refractivity contribution in [3.8, 4) is 0 Å².